The van der Waals surface area contributed by atoms with Gasteiger partial charge >= 0.3 is 5.76 Å². The molecule has 0 bridgehead atoms. The first-order valence-corrected chi connectivity index (χ1v) is 9.87. The zero-order valence-corrected chi connectivity index (χ0v) is 16.9. The van der Waals surface area contributed by atoms with Gasteiger partial charge in [-0.25, -0.2) is 4.79 Å². The number of benzene rings is 2. The molecule has 0 saturated heterocycles. The number of aromatic nitrogens is 1. The molecular weight excluding hydrogens is 396 g/mol. The van der Waals surface area contributed by atoms with Crippen molar-refractivity contribution in [3.63, 3.8) is 0 Å². The van der Waals surface area contributed by atoms with E-state index in [2.05, 4.69) is 5.32 Å². The van der Waals surface area contributed by atoms with Crippen LogP contribution in [-0.4, -0.2) is 23.2 Å². The summed E-state index contributed by atoms with van der Waals surface area (Å²) in [5.74, 6) is 0.597. The van der Waals surface area contributed by atoms with Gasteiger partial charge in [0.2, 0.25) is 5.91 Å². The number of ether oxygens (including phenoxy) is 2. The van der Waals surface area contributed by atoms with Crippen LogP contribution in [0.5, 0.6) is 11.5 Å². The van der Waals surface area contributed by atoms with E-state index in [0.717, 1.165) is 17.7 Å². The number of carbonyl (C=O) groups excluding carboxylic acids is 1. The van der Waals surface area contributed by atoms with Gasteiger partial charge < -0.3 is 19.2 Å². The largest absolute Gasteiger partial charge is 0.492 e. The van der Waals surface area contributed by atoms with Gasteiger partial charge in [0.25, 0.3) is 0 Å². The van der Waals surface area contributed by atoms with Gasteiger partial charge in [-0.2, -0.15) is 0 Å². The minimum atomic E-state index is -0.523. The lowest BCUT2D eigenvalue weighted by molar-refractivity contribution is -0.116. The van der Waals surface area contributed by atoms with Crippen molar-refractivity contribution >= 4 is 34.3 Å². The van der Waals surface area contributed by atoms with Crippen molar-refractivity contribution in [1.82, 2.24) is 4.57 Å². The monoisotopic (exact) mass is 416 g/mol. The van der Waals surface area contributed by atoms with E-state index in [4.69, 9.17) is 25.5 Å². The summed E-state index contributed by atoms with van der Waals surface area (Å²) in [6.07, 6.45) is 1.00. The van der Waals surface area contributed by atoms with Gasteiger partial charge in [-0.1, -0.05) is 11.6 Å². The molecule has 1 amide bonds. The number of hydrogen-bond donors (Lipinski definition) is 1. The first kappa shape index (κ1) is 19.4. The highest BCUT2D eigenvalue weighted by Crippen LogP contribution is 2.38. The van der Waals surface area contributed by atoms with Crippen LogP contribution < -0.4 is 20.5 Å². The van der Waals surface area contributed by atoms with Crippen LogP contribution in [0.4, 0.5) is 5.69 Å². The highest BCUT2D eigenvalue weighted by molar-refractivity contribution is 6.31. The Hall–Kier alpha value is -2.93. The van der Waals surface area contributed by atoms with Crippen molar-refractivity contribution in [3.8, 4) is 11.5 Å². The molecule has 0 fully saturated rings. The molecule has 8 heteroatoms. The van der Waals surface area contributed by atoms with E-state index < -0.39 is 5.76 Å². The molecule has 7 nitrogen and oxygen atoms in total. The van der Waals surface area contributed by atoms with Crippen LogP contribution in [-0.2, 0) is 17.8 Å². The zero-order valence-electron chi connectivity index (χ0n) is 16.2. The third-order valence-electron chi connectivity index (χ3n) is 4.76. The Balaban J connectivity index is 1.50. The number of amides is 1. The molecule has 152 valence electrons. The number of nitrogens with one attached hydrogen (secondary N) is 1. The van der Waals surface area contributed by atoms with E-state index in [1.165, 1.54) is 4.57 Å². The van der Waals surface area contributed by atoms with Crippen LogP contribution in [0.2, 0.25) is 5.02 Å². The van der Waals surface area contributed by atoms with Gasteiger partial charge in [-0.15, -0.1) is 0 Å². The molecule has 4 rings (SSSR count). The number of nitrogens with zero attached hydrogens (tertiary/aromatic N) is 1. The fourth-order valence-electron chi connectivity index (χ4n) is 3.49. The van der Waals surface area contributed by atoms with E-state index in [1.54, 1.807) is 24.3 Å². The fraction of sp³-hybridized carbons (Fsp3) is 0.333. The molecule has 0 aliphatic carbocycles. The average Bonchev–Trinajstić information content (AvgIpc) is 3.17. The predicted molar refractivity (Wildman–Crippen MR) is 110 cm³/mol. The lowest BCUT2D eigenvalue weighted by atomic mass is 10.1. The average molecular weight is 417 g/mol. The molecule has 1 aliphatic rings. The lowest BCUT2D eigenvalue weighted by Gasteiger charge is -2.13. The van der Waals surface area contributed by atoms with E-state index >= 15 is 0 Å². The van der Waals surface area contributed by atoms with Crippen LogP contribution in [0.15, 0.2) is 39.5 Å². The van der Waals surface area contributed by atoms with Crippen molar-refractivity contribution in [3.05, 3.63) is 51.5 Å². The molecule has 1 aliphatic heterocycles. The highest BCUT2D eigenvalue weighted by Gasteiger charge is 2.22. The fourth-order valence-corrected chi connectivity index (χ4v) is 3.65. The number of aryl methyl sites for hydroxylation is 1. The summed E-state index contributed by atoms with van der Waals surface area (Å²) in [6.45, 7) is 4.55. The molecule has 1 aromatic heterocycles. The van der Waals surface area contributed by atoms with E-state index in [0.29, 0.717) is 34.2 Å². The molecule has 3 aromatic rings. The number of halogens is 1. The van der Waals surface area contributed by atoms with Crippen LogP contribution in [0, 0.1) is 0 Å². The summed E-state index contributed by atoms with van der Waals surface area (Å²) in [7, 11) is 0. The van der Waals surface area contributed by atoms with Crippen molar-refractivity contribution in [1.29, 1.82) is 0 Å². The van der Waals surface area contributed by atoms with Crippen LogP contribution in [0.3, 0.4) is 0 Å². The third-order valence-corrected chi connectivity index (χ3v) is 5.00. The second-order valence-electron chi connectivity index (χ2n) is 6.95. The molecule has 0 saturated carbocycles. The number of oxazole rings is 1. The quantitative estimate of drug-likeness (QED) is 0.656. The smallest absolute Gasteiger partial charge is 0.419 e. The van der Waals surface area contributed by atoms with Crippen LogP contribution >= 0.6 is 11.6 Å². The Morgan fingerprint density at radius 3 is 2.97 bits per heavy atom. The SMILES string of the molecule is CCOc1cc2c(cc1NC(=O)CCn1c(=O)oc3cc(Cl)ccc31)O[C@@H](C)C2. The molecule has 0 unspecified atom stereocenters. The number of carbonyl (C=O) groups is 1. The first-order chi connectivity index (χ1) is 13.9. The maximum Gasteiger partial charge on any atom is 0.419 e. The molecule has 29 heavy (non-hydrogen) atoms. The molecule has 2 heterocycles. The van der Waals surface area contributed by atoms with Crippen LogP contribution in [0.1, 0.15) is 25.8 Å². The third kappa shape index (κ3) is 3.96. The molecular formula is C21H21ClN2O5. The van der Waals surface area contributed by atoms with Crippen LogP contribution in [0.25, 0.3) is 11.1 Å². The standard InChI is InChI=1S/C21H21ClN2O5/c1-3-27-18-9-13-8-12(2)28-17(13)11-15(18)23-20(25)6-7-24-16-5-4-14(22)10-19(16)29-21(24)26/h4-5,9-12H,3,6-8H2,1-2H3,(H,23,25)/t12-/m0/s1. The highest BCUT2D eigenvalue weighted by atomic mass is 35.5. The molecule has 0 spiro atoms. The molecule has 1 N–H and O–H groups in total. The molecule has 2 aromatic carbocycles. The summed E-state index contributed by atoms with van der Waals surface area (Å²) in [4.78, 5) is 24.7. The van der Waals surface area contributed by atoms with E-state index in [1.807, 2.05) is 19.9 Å². The number of anilines is 1. The topological polar surface area (TPSA) is 82.7 Å². The van der Waals surface area contributed by atoms with Crippen molar-refractivity contribution in [2.75, 3.05) is 11.9 Å². The number of fused-ring (bicyclic) bond motifs is 2. The normalized spacial score (nSPS) is 15.2. The second-order valence-corrected chi connectivity index (χ2v) is 7.39. The minimum absolute atomic E-state index is 0.0943. The van der Waals surface area contributed by atoms with Gasteiger partial charge in [0.15, 0.2) is 5.58 Å². The van der Waals surface area contributed by atoms with Crippen molar-refractivity contribution in [2.45, 2.75) is 39.3 Å². The predicted octanol–water partition coefficient (Wildman–Crippen LogP) is 4.00. The Bertz CT molecular complexity index is 1130. The van der Waals surface area contributed by atoms with Crippen molar-refractivity contribution < 1.29 is 18.7 Å². The van der Waals surface area contributed by atoms with Gasteiger partial charge in [-0.3, -0.25) is 9.36 Å². The van der Waals surface area contributed by atoms with Gasteiger partial charge in [0.05, 0.1) is 17.8 Å². The van der Waals surface area contributed by atoms with E-state index in [9.17, 15) is 9.59 Å². The molecule has 1 atom stereocenters. The summed E-state index contributed by atoms with van der Waals surface area (Å²) in [6, 6.07) is 8.66. The van der Waals surface area contributed by atoms with Crippen molar-refractivity contribution in [2.24, 2.45) is 0 Å². The van der Waals surface area contributed by atoms with Gasteiger partial charge in [0, 0.05) is 42.1 Å². The van der Waals surface area contributed by atoms with Gasteiger partial charge in [-0.05, 0) is 32.0 Å². The Morgan fingerprint density at radius 2 is 2.17 bits per heavy atom. The van der Waals surface area contributed by atoms with E-state index in [-0.39, 0.29) is 25.0 Å². The summed E-state index contributed by atoms with van der Waals surface area (Å²) in [5.41, 5.74) is 2.61. The molecule has 0 radical (unpaired) electrons. The lowest BCUT2D eigenvalue weighted by Crippen LogP contribution is -2.20. The Morgan fingerprint density at radius 1 is 1.34 bits per heavy atom. The van der Waals surface area contributed by atoms with Gasteiger partial charge in [0.1, 0.15) is 17.6 Å². The second kappa shape index (κ2) is 7.83. The number of rotatable bonds is 6. The Kier molecular flexibility index (Phi) is 5.24. The minimum Gasteiger partial charge on any atom is -0.492 e. The first-order valence-electron chi connectivity index (χ1n) is 9.49. The summed E-state index contributed by atoms with van der Waals surface area (Å²) >= 11 is 5.93. The maximum atomic E-state index is 12.6. The summed E-state index contributed by atoms with van der Waals surface area (Å²) < 4.78 is 18.1. The Labute approximate surface area is 172 Å². The summed E-state index contributed by atoms with van der Waals surface area (Å²) in [5, 5.41) is 3.35. The maximum absolute atomic E-state index is 12.6. The zero-order chi connectivity index (χ0) is 20.5. The number of hydrogen-bond acceptors (Lipinski definition) is 5.